The normalized spacial score (nSPS) is 21.4. The molecule has 126 valence electrons. The first-order chi connectivity index (χ1) is 11.8. The molecule has 0 spiro atoms. The average Bonchev–Trinajstić information content (AvgIpc) is 2.63. The highest BCUT2D eigenvalue weighted by molar-refractivity contribution is 5.74. The minimum atomic E-state index is -0.0503. The van der Waals surface area contributed by atoms with Gasteiger partial charge >= 0.3 is 5.97 Å². The van der Waals surface area contributed by atoms with Crippen LogP contribution in [0.15, 0.2) is 60.7 Å². The molecular formula is C21H25NO2. The molecule has 2 aromatic rings. The summed E-state index contributed by atoms with van der Waals surface area (Å²) in [7, 11) is 0. The van der Waals surface area contributed by atoms with E-state index in [1.807, 2.05) is 31.2 Å². The van der Waals surface area contributed by atoms with Crippen LogP contribution in [0.4, 0.5) is 0 Å². The van der Waals surface area contributed by atoms with Crippen LogP contribution in [-0.2, 0) is 16.1 Å². The Hall–Kier alpha value is -2.13. The summed E-state index contributed by atoms with van der Waals surface area (Å²) in [5, 5.41) is 0. The summed E-state index contributed by atoms with van der Waals surface area (Å²) in [5.74, 6) is 0.104. The number of carbonyl (C=O) groups is 1. The Morgan fingerprint density at radius 1 is 1.08 bits per heavy atom. The van der Waals surface area contributed by atoms with Crippen LogP contribution in [0.2, 0.25) is 0 Å². The molecule has 0 aromatic heterocycles. The lowest BCUT2D eigenvalue weighted by molar-refractivity contribution is -0.150. The molecule has 0 amide bonds. The second-order valence-electron chi connectivity index (χ2n) is 6.39. The van der Waals surface area contributed by atoms with Crippen molar-refractivity contribution in [3.05, 3.63) is 71.8 Å². The Balaban J connectivity index is 1.76. The van der Waals surface area contributed by atoms with Gasteiger partial charge in [-0.25, -0.2) is 0 Å². The Labute approximate surface area is 144 Å². The summed E-state index contributed by atoms with van der Waals surface area (Å²) < 4.78 is 5.33. The van der Waals surface area contributed by atoms with E-state index in [1.54, 1.807) is 0 Å². The van der Waals surface area contributed by atoms with Crippen LogP contribution in [0, 0.1) is 5.92 Å². The minimum Gasteiger partial charge on any atom is -0.466 e. The van der Waals surface area contributed by atoms with E-state index in [-0.39, 0.29) is 17.8 Å². The fourth-order valence-corrected chi connectivity index (χ4v) is 3.57. The van der Waals surface area contributed by atoms with Crippen molar-refractivity contribution in [2.45, 2.75) is 25.8 Å². The number of esters is 1. The van der Waals surface area contributed by atoms with Crippen LogP contribution in [0.3, 0.4) is 0 Å². The Morgan fingerprint density at radius 2 is 1.75 bits per heavy atom. The van der Waals surface area contributed by atoms with Gasteiger partial charge in [0.25, 0.3) is 0 Å². The summed E-state index contributed by atoms with van der Waals surface area (Å²) in [5.41, 5.74) is 2.55. The summed E-state index contributed by atoms with van der Waals surface area (Å²) in [6, 6.07) is 20.9. The van der Waals surface area contributed by atoms with Crippen LogP contribution in [0.25, 0.3) is 0 Å². The zero-order valence-electron chi connectivity index (χ0n) is 14.2. The van der Waals surface area contributed by atoms with Crippen LogP contribution in [0.5, 0.6) is 0 Å². The standard InChI is InChI=1S/C21H25NO2/c1-2-24-21(23)19-13-14-22(15-17-9-5-3-6-10-17)16-20(19)18-11-7-4-8-12-18/h3-12,19-20H,2,13-16H2,1H3/t19-,20-/m0/s1. The number of piperidine rings is 1. The lowest BCUT2D eigenvalue weighted by Gasteiger charge is -2.37. The van der Waals surface area contributed by atoms with Gasteiger partial charge in [-0.2, -0.15) is 0 Å². The maximum Gasteiger partial charge on any atom is 0.309 e. The molecule has 0 bridgehead atoms. The van der Waals surface area contributed by atoms with Gasteiger partial charge in [-0.15, -0.1) is 0 Å². The van der Waals surface area contributed by atoms with E-state index >= 15 is 0 Å². The van der Waals surface area contributed by atoms with Crippen molar-refractivity contribution < 1.29 is 9.53 Å². The molecule has 3 heteroatoms. The number of rotatable bonds is 5. The van der Waals surface area contributed by atoms with Gasteiger partial charge in [-0.1, -0.05) is 60.7 Å². The van der Waals surface area contributed by atoms with E-state index in [0.717, 1.165) is 26.1 Å². The molecule has 3 nitrogen and oxygen atoms in total. The molecule has 1 fully saturated rings. The minimum absolute atomic E-state index is 0.0422. The quantitative estimate of drug-likeness (QED) is 0.783. The molecule has 24 heavy (non-hydrogen) atoms. The van der Waals surface area contributed by atoms with Gasteiger partial charge in [0.05, 0.1) is 12.5 Å². The summed E-state index contributed by atoms with van der Waals surface area (Å²) in [4.78, 5) is 14.9. The van der Waals surface area contributed by atoms with Gasteiger partial charge < -0.3 is 4.74 Å². The summed E-state index contributed by atoms with van der Waals surface area (Å²) in [6.07, 6.45) is 0.852. The van der Waals surface area contributed by atoms with E-state index in [0.29, 0.717) is 6.61 Å². The van der Waals surface area contributed by atoms with Crippen molar-refractivity contribution in [1.29, 1.82) is 0 Å². The zero-order valence-corrected chi connectivity index (χ0v) is 14.2. The molecule has 1 aliphatic rings. The van der Waals surface area contributed by atoms with E-state index in [2.05, 4.69) is 41.3 Å². The molecule has 1 aliphatic heterocycles. The van der Waals surface area contributed by atoms with E-state index in [1.165, 1.54) is 11.1 Å². The zero-order chi connectivity index (χ0) is 16.8. The first-order valence-corrected chi connectivity index (χ1v) is 8.75. The first kappa shape index (κ1) is 16.7. The molecule has 1 heterocycles. The Bertz CT molecular complexity index is 641. The third-order valence-corrected chi connectivity index (χ3v) is 4.76. The smallest absolute Gasteiger partial charge is 0.309 e. The number of hydrogen-bond acceptors (Lipinski definition) is 3. The van der Waals surface area contributed by atoms with Crippen molar-refractivity contribution >= 4 is 5.97 Å². The maximum absolute atomic E-state index is 12.4. The maximum atomic E-state index is 12.4. The molecule has 3 rings (SSSR count). The molecule has 0 unspecified atom stereocenters. The number of likely N-dealkylation sites (tertiary alicyclic amines) is 1. The monoisotopic (exact) mass is 323 g/mol. The number of carbonyl (C=O) groups excluding carboxylic acids is 1. The van der Waals surface area contributed by atoms with Gasteiger partial charge in [-0.05, 0) is 31.0 Å². The van der Waals surface area contributed by atoms with Gasteiger partial charge in [0, 0.05) is 19.0 Å². The van der Waals surface area contributed by atoms with E-state index < -0.39 is 0 Å². The molecular weight excluding hydrogens is 298 g/mol. The predicted molar refractivity (Wildman–Crippen MR) is 95.6 cm³/mol. The third kappa shape index (κ3) is 4.04. The van der Waals surface area contributed by atoms with Gasteiger partial charge in [-0.3, -0.25) is 9.69 Å². The largest absolute Gasteiger partial charge is 0.466 e. The van der Waals surface area contributed by atoms with Crippen molar-refractivity contribution in [2.24, 2.45) is 5.92 Å². The number of nitrogens with zero attached hydrogens (tertiary/aromatic N) is 1. The molecule has 0 saturated carbocycles. The van der Waals surface area contributed by atoms with Gasteiger partial charge in [0.1, 0.15) is 0 Å². The molecule has 1 saturated heterocycles. The Kier molecular flexibility index (Phi) is 5.65. The predicted octanol–water partition coefficient (Wildman–Crippen LogP) is 3.86. The van der Waals surface area contributed by atoms with Crippen LogP contribution in [0.1, 0.15) is 30.4 Å². The van der Waals surface area contributed by atoms with Gasteiger partial charge in [0.2, 0.25) is 0 Å². The lowest BCUT2D eigenvalue weighted by Crippen LogP contribution is -2.42. The van der Waals surface area contributed by atoms with Crippen molar-refractivity contribution in [1.82, 2.24) is 4.90 Å². The first-order valence-electron chi connectivity index (χ1n) is 8.75. The highest BCUT2D eigenvalue weighted by Gasteiger charge is 2.35. The van der Waals surface area contributed by atoms with Crippen LogP contribution in [-0.4, -0.2) is 30.6 Å². The SMILES string of the molecule is CCOC(=O)[C@H]1CCN(Cc2ccccc2)C[C@H]1c1ccccc1. The molecule has 2 atom stereocenters. The molecule has 0 radical (unpaired) electrons. The highest BCUT2D eigenvalue weighted by Crippen LogP contribution is 2.34. The molecule has 0 N–H and O–H groups in total. The lowest BCUT2D eigenvalue weighted by atomic mass is 9.80. The fourth-order valence-electron chi connectivity index (χ4n) is 3.57. The summed E-state index contributed by atoms with van der Waals surface area (Å²) in [6.45, 7) is 5.08. The second-order valence-corrected chi connectivity index (χ2v) is 6.39. The van der Waals surface area contributed by atoms with Gasteiger partial charge in [0.15, 0.2) is 0 Å². The summed E-state index contributed by atoms with van der Waals surface area (Å²) >= 11 is 0. The van der Waals surface area contributed by atoms with Crippen molar-refractivity contribution in [3.63, 3.8) is 0 Å². The number of hydrogen-bond donors (Lipinski definition) is 0. The van der Waals surface area contributed by atoms with Crippen molar-refractivity contribution in [3.8, 4) is 0 Å². The highest BCUT2D eigenvalue weighted by atomic mass is 16.5. The Morgan fingerprint density at radius 3 is 2.42 bits per heavy atom. The van der Waals surface area contributed by atoms with Crippen LogP contribution >= 0.6 is 0 Å². The fraction of sp³-hybridized carbons (Fsp3) is 0.381. The van der Waals surface area contributed by atoms with Crippen LogP contribution < -0.4 is 0 Å². The molecule has 0 aliphatic carbocycles. The second kappa shape index (κ2) is 8.11. The average molecular weight is 323 g/mol. The van der Waals surface area contributed by atoms with E-state index in [4.69, 9.17) is 4.74 Å². The number of benzene rings is 2. The van der Waals surface area contributed by atoms with Crippen molar-refractivity contribution in [2.75, 3.05) is 19.7 Å². The topological polar surface area (TPSA) is 29.5 Å². The van der Waals surface area contributed by atoms with E-state index in [9.17, 15) is 4.79 Å². The molecule has 2 aromatic carbocycles. The third-order valence-electron chi connectivity index (χ3n) is 4.76. The number of ether oxygens (including phenoxy) is 1.